The SMILES string of the molecule is CCN(Cc1ccc(C(=O)NCC(N)C2CC2)cc1)C(C)C. The summed E-state index contributed by atoms with van der Waals surface area (Å²) in [5.41, 5.74) is 7.95. The zero-order valence-electron chi connectivity index (χ0n) is 14.0. The van der Waals surface area contributed by atoms with Crippen LogP contribution < -0.4 is 11.1 Å². The summed E-state index contributed by atoms with van der Waals surface area (Å²) in [4.78, 5) is 14.5. The Morgan fingerprint density at radius 2 is 1.95 bits per heavy atom. The lowest BCUT2D eigenvalue weighted by molar-refractivity contribution is 0.0950. The second-order valence-corrected chi connectivity index (χ2v) is 6.57. The van der Waals surface area contributed by atoms with Gasteiger partial charge in [0.15, 0.2) is 0 Å². The zero-order chi connectivity index (χ0) is 16.1. The van der Waals surface area contributed by atoms with E-state index in [2.05, 4.69) is 31.0 Å². The van der Waals surface area contributed by atoms with Gasteiger partial charge in [-0.2, -0.15) is 0 Å². The van der Waals surface area contributed by atoms with E-state index in [0.29, 0.717) is 24.1 Å². The van der Waals surface area contributed by atoms with Crippen LogP contribution in [0.5, 0.6) is 0 Å². The Balaban J connectivity index is 1.86. The molecule has 1 aromatic rings. The highest BCUT2D eigenvalue weighted by Crippen LogP contribution is 2.31. The van der Waals surface area contributed by atoms with Crippen molar-refractivity contribution in [3.05, 3.63) is 35.4 Å². The number of carbonyl (C=O) groups is 1. The number of hydrogen-bond acceptors (Lipinski definition) is 3. The second kappa shape index (κ2) is 7.75. The number of nitrogens with one attached hydrogen (secondary N) is 1. The fourth-order valence-electron chi connectivity index (χ4n) is 2.66. The minimum Gasteiger partial charge on any atom is -0.350 e. The number of rotatable bonds is 8. The molecule has 1 amide bonds. The molecule has 0 aliphatic heterocycles. The van der Waals surface area contributed by atoms with Crippen LogP contribution in [0.1, 0.15) is 49.5 Å². The van der Waals surface area contributed by atoms with Crippen molar-refractivity contribution in [2.75, 3.05) is 13.1 Å². The van der Waals surface area contributed by atoms with Crippen LogP contribution in [-0.2, 0) is 6.54 Å². The van der Waals surface area contributed by atoms with Crippen molar-refractivity contribution in [3.8, 4) is 0 Å². The fourth-order valence-corrected chi connectivity index (χ4v) is 2.66. The van der Waals surface area contributed by atoms with E-state index in [1.54, 1.807) is 0 Å². The number of carbonyl (C=O) groups excluding carboxylic acids is 1. The second-order valence-electron chi connectivity index (χ2n) is 6.57. The van der Waals surface area contributed by atoms with E-state index in [-0.39, 0.29) is 11.9 Å². The molecule has 1 fully saturated rings. The van der Waals surface area contributed by atoms with Crippen molar-refractivity contribution in [2.45, 2.75) is 52.2 Å². The molecule has 1 aliphatic rings. The zero-order valence-corrected chi connectivity index (χ0v) is 14.0. The molecule has 0 heterocycles. The first-order valence-electron chi connectivity index (χ1n) is 8.38. The minimum absolute atomic E-state index is 0.0288. The van der Waals surface area contributed by atoms with E-state index in [1.807, 2.05) is 24.3 Å². The lowest BCUT2D eigenvalue weighted by Gasteiger charge is -2.24. The van der Waals surface area contributed by atoms with Crippen LogP contribution in [0.25, 0.3) is 0 Å². The normalized spacial score (nSPS) is 16.1. The molecule has 0 radical (unpaired) electrons. The van der Waals surface area contributed by atoms with Crippen molar-refractivity contribution in [1.29, 1.82) is 0 Å². The van der Waals surface area contributed by atoms with Gasteiger partial charge in [-0.25, -0.2) is 0 Å². The third-order valence-corrected chi connectivity index (χ3v) is 4.46. The first-order chi connectivity index (χ1) is 10.5. The third-order valence-electron chi connectivity index (χ3n) is 4.46. The van der Waals surface area contributed by atoms with Crippen LogP contribution in [0.3, 0.4) is 0 Å². The first-order valence-corrected chi connectivity index (χ1v) is 8.38. The minimum atomic E-state index is -0.0288. The van der Waals surface area contributed by atoms with Gasteiger partial charge in [0.1, 0.15) is 0 Å². The molecule has 1 aliphatic carbocycles. The predicted molar refractivity (Wildman–Crippen MR) is 90.7 cm³/mol. The number of nitrogens with two attached hydrogens (primary N) is 1. The first kappa shape index (κ1) is 17.0. The largest absolute Gasteiger partial charge is 0.350 e. The van der Waals surface area contributed by atoms with Crippen LogP contribution in [0.2, 0.25) is 0 Å². The summed E-state index contributed by atoms with van der Waals surface area (Å²) in [7, 11) is 0. The molecule has 0 saturated heterocycles. The summed E-state index contributed by atoms with van der Waals surface area (Å²) in [5.74, 6) is 0.581. The number of nitrogens with zero attached hydrogens (tertiary/aromatic N) is 1. The molecule has 0 spiro atoms. The highest BCUT2D eigenvalue weighted by molar-refractivity contribution is 5.94. The third kappa shape index (κ3) is 4.82. The Morgan fingerprint density at radius 3 is 2.45 bits per heavy atom. The van der Waals surface area contributed by atoms with Gasteiger partial charge in [0.05, 0.1) is 0 Å². The van der Waals surface area contributed by atoms with Crippen molar-refractivity contribution >= 4 is 5.91 Å². The van der Waals surface area contributed by atoms with Crippen molar-refractivity contribution in [2.24, 2.45) is 11.7 Å². The van der Waals surface area contributed by atoms with Gasteiger partial charge in [-0.15, -0.1) is 0 Å². The van der Waals surface area contributed by atoms with Gasteiger partial charge in [0.2, 0.25) is 0 Å². The average Bonchev–Trinajstić information content (AvgIpc) is 3.35. The molecule has 0 bridgehead atoms. The van der Waals surface area contributed by atoms with Gasteiger partial charge in [0.25, 0.3) is 5.91 Å². The summed E-state index contributed by atoms with van der Waals surface area (Å²) in [6.45, 7) is 9.09. The number of amides is 1. The Hall–Kier alpha value is -1.39. The maximum absolute atomic E-state index is 12.1. The molecule has 3 N–H and O–H groups in total. The summed E-state index contributed by atoms with van der Waals surface area (Å²) < 4.78 is 0. The van der Waals surface area contributed by atoms with Gasteiger partial charge in [-0.3, -0.25) is 9.69 Å². The quantitative estimate of drug-likeness (QED) is 0.775. The molecular formula is C18H29N3O. The molecule has 1 aromatic carbocycles. The number of benzene rings is 1. The molecule has 4 nitrogen and oxygen atoms in total. The van der Waals surface area contributed by atoms with E-state index in [9.17, 15) is 4.79 Å². The van der Waals surface area contributed by atoms with Gasteiger partial charge >= 0.3 is 0 Å². The van der Waals surface area contributed by atoms with Gasteiger partial charge < -0.3 is 11.1 Å². The molecular weight excluding hydrogens is 274 g/mol. The van der Waals surface area contributed by atoms with Gasteiger partial charge in [-0.1, -0.05) is 19.1 Å². The fraction of sp³-hybridized carbons (Fsp3) is 0.611. The maximum Gasteiger partial charge on any atom is 0.251 e. The Kier molecular flexibility index (Phi) is 5.98. The van der Waals surface area contributed by atoms with E-state index in [4.69, 9.17) is 5.73 Å². The predicted octanol–water partition coefficient (Wildman–Crippen LogP) is 2.38. The molecule has 4 heteroatoms. The van der Waals surface area contributed by atoms with Crippen molar-refractivity contribution < 1.29 is 4.79 Å². The summed E-state index contributed by atoms with van der Waals surface area (Å²) in [6.07, 6.45) is 2.41. The number of hydrogen-bond donors (Lipinski definition) is 2. The van der Waals surface area contributed by atoms with Crippen LogP contribution in [0.15, 0.2) is 24.3 Å². The standard InChI is InChI=1S/C18H29N3O/c1-4-21(13(2)3)12-14-5-7-16(8-6-14)18(22)20-11-17(19)15-9-10-15/h5-8,13,15,17H,4,9-12,19H2,1-3H3,(H,20,22). The lowest BCUT2D eigenvalue weighted by Crippen LogP contribution is -2.38. The summed E-state index contributed by atoms with van der Waals surface area (Å²) in [5, 5.41) is 2.94. The van der Waals surface area contributed by atoms with E-state index >= 15 is 0 Å². The lowest BCUT2D eigenvalue weighted by atomic mass is 10.1. The monoisotopic (exact) mass is 303 g/mol. The summed E-state index contributed by atoms with van der Waals surface area (Å²) >= 11 is 0. The molecule has 1 saturated carbocycles. The Labute approximate surface area is 134 Å². The molecule has 122 valence electrons. The summed E-state index contributed by atoms with van der Waals surface area (Å²) in [6, 6.07) is 8.52. The maximum atomic E-state index is 12.1. The van der Waals surface area contributed by atoms with Crippen LogP contribution in [0, 0.1) is 5.92 Å². The molecule has 1 atom stereocenters. The van der Waals surface area contributed by atoms with Crippen LogP contribution in [-0.4, -0.2) is 36.0 Å². The molecule has 22 heavy (non-hydrogen) atoms. The Morgan fingerprint density at radius 1 is 1.32 bits per heavy atom. The highest BCUT2D eigenvalue weighted by Gasteiger charge is 2.28. The van der Waals surface area contributed by atoms with E-state index in [0.717, 1.165) is 13.1 Å². The molecule has 0 aromatic heterocycles. The van der Waals surface area contributed by atoms with E-state index < -0.39 is 0 Å². The van der Waals surface area contributed by atoms with Crippen LogP contribution in [0.4, 0.5) is 0 Å². The van der Waals surface area contributed by atoms with Gasteiger partial charge in [-0.05, 0) is 56.8 Å². The van der Waals surface area contributed by atoms with Crippen molar-refractivity contribution in [3.63, 3.8) is 0 Å². The smallest absolute Gasteiger partial charge is 0.251 e. The highest BCUT2D eigenvalue weighted by atomic mass is 16.1. The Bertz CT molecular complexity index is 480. The van der Waals surface area contributed by atoms with Crippen LogP contribution >= 0.6 is 0 Å². The molecule has 1 unspecified atom stereocenters. The molecule has 2 rings (SSSR count). The van der Waals surface area contributed by atoms with E-state index in [1.165, 1.54) is 18.4 Å². The van der Waals surface area contributed by atoms with Gasteiger partial charge in [0, 0.05) is 30.7 Å². The van der Waals surface area contributed by atoms with Crippen molar-refractivity contribution in [1.82, 2.24) is 10.2 Å². The topological polar surface area (TPSA) is 58.4 Å². The average molecular weight is 303 g/mol.